The summed E-state index contributed by atoms with van der Waals surface area (Å²) in [5.41, 5.74) is 9.09. The molecule has 1 fully saturated rings. The monoisotopic (exact) mass is 285 g/mol. The zero-order valence-corrected chi connectivity index (χ0v) is 13.0. The van der Waals surface area contributed by atoms with Gasteiger partial charge in [-0.05, 0) is 55.7 Å². The highest BCUT2D eigenvalue weighted by molar-refractivity contribution is 5.66. The first-order valence-electron chi connectivity index (χ1n) is 7.65. The number of nitrogens with zero attached hydrogens (tertiary/aromatic N) is 2. The Morgan fingerprint density at radius 2 is 1.95 bits per heavy atom. The molecule has 0 saturated heterocycles. The summed E-state index contributed by atoms with van der Waals surface area (Å²) in [6.45, 7) is 6.65. The van der Waals surface area contributed by atoms with E-state index < -0.39 is 0 Å². The van der Waals surface area contributed by atoms with Gasteiger partial charge in [0.1, 0.15) is 0 Å². The maximum atomic E-state index is 5.95. The van der Waals surface area contributed by atoms with Crippen molar-refractivity contribution in [2.45, 2.75) is 52.4 Å². The van der Waals surface area contributed by atoms with Crippen molar-refractivity contribution in [1.82, 2.24) is 10.1 Å². The van der Waals surface area contributed by atoms with Crippen LogP contribution in [0.1, 0.15) is 56.8 Å². The predicted molar refractivity (Wildman–Crippen MR) is 83.9 cm³/mol. The Balaban J connectivity index is 1.82. The van der Waals surface area contributed by atoms with Gasteiger partial charge in [0.15, 0.2) is 5.82 Å². The fourth-order valence-corrected chi connectivity index (χ4v) is 3.05. The van der Waals surface area contributed by atoms with Gasteiger partial charge in [-0.3, -0.25) is 0 Å². The van der Waals surface area contributed by atoms with Crippen LogP contribution in [0, 0.1) is 12.3 Å². The molecule has 3 rings (SSSR count). The SMILES string of the molecule is Cc1c(N)cccc1-c1nc(C2CCC(C)(C)CC2)no1. The lowest BCUT2D eigenvalue weighted by Gasteiger charge is -2.32. The summed E-state index contributed by atoms with van der Waals surface area (Å²) in [5, 5.41) is 4.21. The van der Waals surface area contributed by atoms with Crippen molar-refractivity contribution in [3.8, 4) is 11.5 Å². The topological polar surface area (TPSA) is 64.9 Å². The van der Waals surface area contributed by atoms with Crippen LogP contribution >= 0.6 is 0 Å². The van der Waals surface area contributed by atoms with Crippen LogP contribution in [0.3, 0.4) is 0 Å². The molecule has 0 radical (unpaired) electrons. The van der Waals surface area contributed by atoms with E-state index in [1.54, 1.807) is 0 Å². The summed E-state index contributed by atoms with van der Waals surface area (Å²) in [5.74, 6) is 1.86. The number of aromatic nitrogens is 2. The molecule has 4 nitrogen and oxygen atoms in total. The van der Waals surface area contributed by atoms with E-state index in [-0.39, 0.29) is 0 Å². The largest absolute Gasteiger partial charge is 0.398 e. The van der Waals surface area contributed by atoms with Crippen molar-refractivity contribution in [3.05, 3.63) is 29.6 Å². The second kappa shape index (κ2) is 5.17. The van der Waals surface area contributed by atoms with Crippen molar-refractivity contribution in [2.75, 3.05) is 5.73 Å². The van der Waals surface area contributed by atoms with Crippen LogP contribution in [0.25, 0.3) is 11.5 Å². The van der Waals surface area contributed by atoms with Gasteiger partial charge in [0.25, 0.3) is 5.89 Å². The van der Waals surface area contributed by atoms with Gasteiger partial charge in [-0.1, -0.05) is 25.1 Å². The van der Waals surface area contributed by atoms with Crippen molar-refractivity contribution in [2.24, 2.45) is 5.41 Å². The minimum Gasteiger partial charge on any atom is -0.398 e. The van der Waals surface area contributed by atoms with E-state index in [2.05, 4.69) is 24.0 Å². The number of hydrogen-bond acceptors (Lipinski definition) is 4. The molecule has 1 aliphatic carbocycles. The third kappa shape index (κ3) is 2.80. The van der Waals surface area contributed by atoms with Gasteiger partial charge in [-0.25, -0.2) is 0 Å². The highest BCUT2D eigenvalue weighted by atomic mass is 16.5. The maximum Gasteiger partial charge on any atom is 0.258 e. The first-order valence-corrected chi connectivity index (χ1v) is 7.65. The quantitative estimate of drug-likeness (QED) is 0.835. The molecule has 0 bridgehead atoms. The maximum absolute atomic E-state index is 5.95. The highest BCUT2D eigenvalue weighted by Crippen LogP contribution is 2.42. The first-order chi connectivity index (χ1) is 9.96. The zero-order chi connectivity index (χ0) is 15.0. The summed E-state index contributed by atoms with van der Waals surface area (Å²) in [6.07, 6.45) is 4.72. The Hall–Kier alpha value is -1.84. The van der Waals surface area contributed by atoms with Crippen molar-refractivity contribution in [1.29, 1.82) is 0 Å². The second-order valence-corrected chi connectivity index (χ2v) is 6.92. The van der Waals surface area contributed by atoms with E-state index in [4.69, 9.17) is 10.3 Å². The Morgan fingerprint density at radius 1 is 1.24 bits per heavy atom. The molecule has 2 N–H and O–H groups in total. The summed E-state index contributed by atoms with van der Waals surface area (Å²) in [6, 6.07) is 5.79. The Kier molecular flexibility index (Phi) is 3.47. The molecule has 0 aliphatic heterocycles. The smallest absolute Gasteiger partial charge is 0.258 e. The van der Waals surface area contributed by atoms with Gasteiger partial charge >= 0.3 is 0 Å². The molecule has 1 saturated carbocycles. The Morgan fingerprint density at radius 3 is 2.67 bits per heavy atom. The van der Waals surface area contributed by atoms with Crippen LogP contribution in [0.15, 0.2) is 22.7 Å². The average molecular weight is 285 g/mol. The van der Waals surface area contributed by atoms with Gasteiger partial charge < -0.3 is 10.3 Å². The molecule has 1 aromatic carbocycles. The van der Waals surface area contributed by atoms with Crippen LogP contribution in [0.5, 0.6) is 0 Å². The fraction of sp³-hybridized carbons (Fsp3) is 0.529. The van der Waals surface area contributed by atoms with Gasteiger partial charge in [0.05, 0.1) is 0 Å². The van der Waals surface area contributed by atoms with Crippen LogP contribution in [-0.2, 0) is 0 Å². The molecular formula is C17H23N3O. The van der Waals surface area contributed by atoms with E-state index in [0.717, 1.165) is 35.5 Å². The minimum absolute atomic E-state index is 0.428. The lowest BCUT2D eigenvalue weighted by atomic mass is 9.73. The highest BCUT2D eigenvalue weighted by Gasteiger charge is 2.30. The molecule has 1 heterocycles. The lowest BCUT2D eigenvalue weighted by Crippen LogP contribution is -2.20. The number of nitrogen functional groups attached to an aromatic ring is 1. The minimum atomic E-state index is 0.428. The third-order valence-electron chi connectivity index (χ3n) is 4.75. The summed E-state index contributed by atoms with van der Waals surface area (Å²) in [7, 11) is 0. The van der Waals surface area contributed by atoms with E-state index in [0.29, 0.717) is 17.2 Å². The molecule has 1 aromatic heterocycles. The molecule has 21 heavy (non-hydrogen) atoms. The van der Waals surface area contributed by atoms with Crippen LogP contribution in [-0.4, -0.2) is 10.1 Å². The van der Waals surface area contributed by atoms with Gasteiger partial charge in [0, 0.05) is 17.2 Å². The molecular weight excluding hydrogens is 262 g/mol. The fourth-order valence-electron chi connectivity index (χ4n) is 3.05. The number of rotatable bonds is 2. The zero-order valence-electron chi connectivity index (χ0n) is 13.0. The third-order valence-corrected chi connectivity index (χ3v) is 4.75. The number of benzene rings is 1. The normalized spacial score (nSPS) is 18.8. The van der Waals surface area contributed by atoms with Gasteiger partial charge in [-0.15, -0.1) is 0 Å². The summed E-state index contributed by atoms with van der Waals surface area (Å²) in [4.78, 5) is 4.62. The molecule has 2 aromatic rings. The van der Waals surface area contributed by atoms with Crippen molar-refractivity contribution >= 4 is 5.69 Å². The number of hydrogen-bond donors (Lipinski definition) is 1. The molecule has 4 heteroatoms. The number of nitrogens with two attached hydrogens (primary N) is 1. The molecule has 0 spiro atoms. The van der Waals surface area contributed by atoms with Crippen LogP contribution in [0.2, 0.25) is 0 Å². The van der Waals surface area contributed by atoms with Gasteiger partial charge in [0.2, 0.25) is 0 Å². The average Bonchev–Trinajstić information content (AvgIpc) is 2.91. The molecule has 1 aliphatic rings. The van der Waals surface area contributed by atoms with E-state index in [1.165, 1.54) is 12.8 Å². The molecule has 0 amide bonds. The molecule has 112 valence electrons. The Labute approximate surface area is 125 Å². The molecule has 0 unspecified atom stereocenters. The van der Waals surface area contributed by atoms with Crippen molar-refractivity contribution in [3.63, 3.8) is 0 Å². The second-order valence-electron chi connectivity index (χ2n) is 6.92. The van der Waals surface area contributed by atoms with E-state index in [1.807, 2.05) is 25.1 Å². The van der Waals surface area contributed by atoms with E-state index >= 15 is 0 Å². The van der Waals surface area contributed by atoms with Crippen molar-refractivity contribution < 1.29 is 4.52 Å². The van der Waals surface area contributed by atoms with E-state index in [9.17, 15) is 0 Å². The predicted octanol–water partition coefficient (Wildman–Crippen LogP) is 4.31. The molecule has 0 atom stereocenters. The van der Waals surface area contributed by atoms with Crippen LogP contribution in [0.4, 0.5) is 5.69 Å². The summed E-state index contributed by atoms with van der Waals surface area (Å²) >= 11 is 0. The Bertz CT molecular complexity index is 635. The standard InChI is InChI=1S/C17H23N3O/c1-11-13(5-4-6-14(11)18)16-19-15(20-21-16)12-7-9-17(2,3)10-8-12/h4-6,12H,7-10,18H2,1-3H3. The van der Waals surface area contributed by atoms with Gasteiger partial charge in [-0.2, -0.15) is 4.98 Å². The summed E-state index contributed by atoms with van der Waals surface area (Å²) < 4.78 is 5.48. The lowest BCUT2D eigenvalue weighted by molar-refractivity contribution is 0.218. The first kappa shape index (κ1) is 14.1. The number of anilines is 1. The van der Waals surface area contributed by atoms with Crippen LogP contribution < -0.4 is 5.73 Å².